The SMILES string of the molecule is CC(C)Cc1cc(-c2[c-]cccc2)ncc1[Si](C)(C)C.[2H]C(C)(C)c1ccnc(-c2[c-]ccc3c2oc2ncc(F)cc23)c1.[Ir]. The third-order valence-corrected chi connectivity index (χ3v) is 9.33. The minimum atomic E-state index is -1.34. The molecule has 0 spiro atoms. The summed E-state index contributed by atoms with van der Waals surface area (Å²) in [5, 5.41) is 2.88. The van der Waals surface area contributed by atoms with Gasteiger partial charge in [0.1, 0.15) is 5.82 Å². The second-order valence-electron chi connectivity index (χ2n) is 12.5. The van der Waals surface area contributed by atoms with Crippen LogP contribution in [0.15, 0.2) is 83.7 Å². The van der Waals surface area contributed by atoms with Crippen LogP contribution in [0, 0.1) is 23.9 Å². The zero-order valence-electron chi connectivity index (χ0n) is 27.3. The summed E-state index contributed by atoms with van der Waals surface area (Å²) in [7, 11) is -1.34. The van der Waals surface area contributed by atoms with Crippen LogP contribution in [-0.4, -0.2) is 23.0 Å². The van der Waals surface area contributed by atoms with Crippen LogP contribution in [-0.2, 0) is 26.5 Å². The Morgan fingerprint density at radius 2 is 1.68 bits per heavy atom. The molecule has 2 aromatic carbocycles. The van der Waals surface area contributed by atoms with Gasteiger partial charge in [-0.05, 0) is 46.9 Å². The van der Waals surface area contributed by atoms with Gasteiger partial charge in [-0.3, -0.25) is 0 Å². The number of furan rings is 1. The van der Waals surface area contributed by atoms with E-state index < -0.39 is 19.8 Å². The number of hydrogen-bond acceptors (Lipinski definition) is 4. The van der Waals surface area contributed by atoms with Gasteiger partial charge in [-0.2, -0.15) is 0 Å². The molecule has 44 heavy (non-hydrogen) atoms. The van der Waals surface area contributed by atoms with E-state index in [1.807, 2.05) is 50.2 Å². The van der Waals surface area contributed by atoms with Gasteiger partial charge in [-0.1, -0.05) is 81.5 Å². The minimum absolute atomic E-state index is 0. The Balaban J connectivity index is 0.000000204. The first-order valence-electron chi connectivity index (χ1n) is 15.1. The van der Waals surface area contributed by atoms with Crippen molar-refractivity contribution < 1.29 is 30.3 Å². The molecule has 0 bridgehead atoms. The minimum Gasteiger partial charge on any atom is -0.486 e. The molecule has 0 amide bonds. The Morgan fingerprint density at radius 3 is 2.36 bits per heavy atom. The van der Waals surface area contributed by atoms with Crippen molar-refractivity contribution in [3.8, 4) is 22.5 Å². The van der Waals surface area contributed by atoms with Gasteiger partial charge in [0.25, 0.3) is 0 Å². The second kappa shape index (κ2) is 14.1. The van der Waals surface area contributed by atoms with Crippen LogP contribution in [0.4, 0.5) is 4.39 Å². The van der Waals surface area contributed by atoms with Crippen molar-refractivity contribution in [3.63, 3.8) is 0 Å². The number of rotatable bonds is 6. The van der Waals surface area contributed by atoms with Crippen molar-refractivity contribution in [2.45, 2.75) is 59.7 Å². The van der Waals surface area contributed by atoms with Crippen LogP contribution in [0.2, 0.25) is 19.6 Å². The summed E-state index contributed by atoms with van der Waals surface area (Å²) in [5.74, 6) is -0.472. The Kier molecular flexibility index (Phi) is 10.2. The number of pyridine rings is 3. The van der Waals surface area contributed by atoms with E-state index in [1.165, 1.54) is 16.8 Å². The summed E-state index contributed by atoms with van der Waals surface area (Å²) in [6, 6.07) is 25.4. The van der Waals surface area contributed by atoms with Crippen LogP contribution in [0.1, 0.15) is 46.1 Å². The van der Waals surface area contributed by atoms with Crippen LogP contribution in [0.5, 0.6) is 0 Å². The van der Waals surface area contributed by atoms with E-state index in [1.54, 1.807) is 12.3 Å². The van der Waals surface area contributed by atoms with E-state index in [2.05, 4.69) is 78.9 Å². The van der Waals surface area contributed by atoms with Crippen molar-refractivity contribution in [2.75, 3.05) is 0 Å². The van der Waals surface area contributed by atoms with Crippen molar-refractivity contribution in [3.05, 3.63) is 108 Å². The monoisotopic (exact) mass is 781 g/mol. The zero-order chi connectivity index (χ0) is 31.6. The summed E-state index contributed by atoms with van der Waals surface area (Å²) in [6.45, 7) is 15.4. The molecular formula is C37H38FIrN3OSi-2. The second-order valence-corrected chi connectivity index (χ2v) is 17.5. The molecule has 4 heterocycles. The first kappa shape index (κ1) is 31.9. The molecule has 0 saturated heterocycles. The predicted molar refractivity (Wildman–Crippen MR) is 178 cm³/mol. The molecule has 7 heteroatoms. The van der Waals surface area contributed by atoms with E-state index in [-0.39, 0.29) is 20.1 Å². The largest absolute Gasteiger partial charge is 0.486 e. The molecule has 4 nitrogen and oxygen atoms in total. The average molecular weight is 781 g/mol. The first-order valence-corrected chi connectivity index (χ1v) is 18.1. The molecule has 229 valence electrons. The summed E-state index contributed by atoms with van der Waals surface area (Å²) >= 11 is 0. The zero-order valence-corrected chi connectivity index (χ0v) is 29.6. The fourth-order valence-corrected chi connectivity index (χ4v) is 6.74. The predicted octanol–water partition coefficient (Wildman–Crippen LogP) is 9.40. The molecule has 0 aliphatic heterocycles. The number of fused-ring (bicyclic) bond motifs is 3. The average Bonchev–Trinajstić information content (AvgIpc) is 3.35. The van der Waals surface area contributed by atoms with Gasteiger partial charge in [0, 0.05) is 39.3 Å². The van der Waals surface area contributed by atoms with Crippen molar-refractivity contribution >= 4 is 35.3 Å². The maximum Gasteiger partial charge on any atom is 0.216 e. The van der Waals surface area contributed by atoms with Crippen molar-refractivity contribution in [1.82, 2.24) is 15.0 Å². The molecule has 0 unspecified atom stereocenters. The Hall–Kier alpha value is -3.51. The van der Waals surface area contributed by atoms with Crippen molar-refractivity contribution in [1.29, 1.82) is 0 Å². The molecule has 0 aliphatic carbocycles. The quantitative estimate of drug-likeness (QED) is 0.125. The summed E-state index contributed by atoms with van der Waals surface area (Å²) in [5.41, 5.74) is 6.74. The third-order valence-electron chi connectivity index (χ3n) is 7.26. The first-order chi connectivity index (χ1) is 20.8. The molecule has 0 saturated carbocycles. The molecule has 6 rings (SSSR count). The van der Waals surface area contributed by atoms with Gasteiger partial charge in [0.15, 0.2) is 0 Å². The Morgan fingerprint density at radius 1 is 0.886 bits per heavy atom. The molecule has 0 aliphatic rings. The van der Waals surface area contributed by atoms with E-state index in [0.29, 0.717) is 33.9 Å². The number of benzene rings is 2. The number of nitrogens with zero attached hydrogens (tertiary/aromatic N) is 3. The molecule has 4 aromatic heterocycles. The fraction of sp³-hybridized carbons (Fsp3) is 0.270. The molecule has 0 N–H and O–H groups in total. The van der Waals surface area contributed by atoms with Gasteiger partial charge < -0.3 is 14.4 Å². The van der Waals surface area contributed by atoms with Crippen molar-refractivity contribution in [2.24, 2.45) is 5.92 Å². The summed E-state index contributed by atoms with van der Waals surface area (Å²) in [4.78, 5) is 13.1. The smallest absolute Gasteiger partial charge is 0.216 e. The number of aromatic nitrogens is 3. The number of hydrogen-bond donors (Lipinski definition) is 0. The van der Waals surface area contributed by atoms with Crippen LogP contribution >= 0.6 is 0 Å². The number of halogens is 1. The Bertz CT molecular complexity index is 1910. The maximum absolute atomic E-state index is 13.5. The van der Waals surface area contributed by atoms with E-state index in [9.17, 15) is 4.39 Å². The summed E-state index contributed by atoms with van der Waals surface area (Å²) in [6.07, 6.45) is 6.05. The van der Waals surface area contributed by atoms with Crippen LogP contribution in [0.3, 0.4) is 0 Å². The van der Waals surface area contributed by atoms with E-state index >= 15 is 0 Å². The van der Waals surface area contributed by atoms with Gasteiger partial charge in [0.2, 0.25) is 5.71 Å². The normalized spacial score (nSPS) is 12.1. The summed E-state index contributed by atoms with van der Waals surface area (Å²) < 4.78 is 27.5. The van der Waals surface area contributed by atoms with Crippen LogP contribution < -0.4 is 5.19 Å². The molecular weight excluding hydrogens is 742 g/mol. The molecule has 1 radical (unpaired) electrons. The van der Waals surface area contributed by atoms with Gasteiger partial charge in [-0.15, -0.1) is 54.1 Å². The molecule has 6 aromatic rings. The van der Waals surface area contributed by atoms with Crippen LogP contribution in [0.25, 0.3) is 44.6 Å². The maximum atomic E-state index is 13.5. The Labute approximate surface area is 276 Å². The molecule has 0 atom stereocenters. The van der Waals surface area contributed by atoms with Gasteiger partial charge in [-0.25, -0.2) is 9.37 Å². The van der Waals surface area contributed by atoms with E-state index in [4.69, 9.17) is 5.79 Å². The molecule has 0 fully saturated rings. The van der Waals surface area contributed by atoms with E-state index in [0.717, 1.165) is 34.8 Å². The third kappa shape index (κ3) is 7.58. The van der Waals surface area contributed by atoms with Gasteiger partial charge >= 0.3 is 0 Å². The van der Waals surface area contributed by atoms with Gasteiger partial charge in [0.05, 0.1) is 19.9 Å². The topological polar surface area (TPSA) is 51.8 Å². The standard InChI is InChI=1S/C19H14FN2O.C18H24NSi.Ir/c1-11(2)12-6-7-21-17(8-12)15-5-3-4-14-16-9-13(20)10-22-19(16)23-18(14)15;1-14(2)11-16-12-17(15-9-7-6-8-10-15)19-13-18(16)20(3,4)5;/h3-4,6-11H,1-2H3;6-9,12-14H,11H2,1-5H3;/q2*-1;/i11D;;. The fourth-order valence-electron chi connectivity index (χ4n) is 5.15.